The van der Waals surface area contributed by atoms with E-state index in [9.17, 15) is 8.42 Å². The Balaban J connectivity index is 0.00000420. The van der Waals surface area contributed by atoms with Crippen molar-refractivity contribution >= 4 is 45.5 Å². The second-order valence-electron chi connectivity index (χ2n) is 6.89. The van der Waals surface area contributed by atoms with E-state index in [1.54, 1.807) is 14.2 Å². The van der Waals surface area contributed by atoms with Gasteiger partial charge in [-0.1, -0.05) is 0 Å². The van der Waals surface area contributed by atoms with Gasteiger partial charge < -0.3 is 25.0 Å². The molecule has 0 radical (unpaired) electrons. The number of nitrogens with zero attached hydrogens (tertiary/aromatic N) is 2. The molecule has 0 aromatic heterocycles. The van der Waals surface area contributed by atoms with Gasteiger partial charge in [0.15, 0.2) is 5.96 Å². The van der Waals surface area contributed by atoms with Crippen molar-refractivity contribution in [2.45, 2.75) is 25.8 Å². The van der Waals surface area contributed by atoms with Crippen LogP contribution in [-0.4, -0.2) is 72.8 Å². The first-order valence-electron chi connectivity index (χ1n) is 9.55. The Morgan fingerprint density at radius 3 is 2.45 bits per heavy atom. The first-order valence-corrected chi connectivity index (χ1v) is 11.6. The molecular weight excluding hydrogens is 507 g/mol. The van der Waals surface area contributed by atoms with E-state index in [0.717, 1.165) is 49.2 Å². The molecule has 1 fully saturated rings. The van der Waals surface area contributed by atoms with Crippen LogP contribution in [0.2, 0.25) is 0 Å². The summed E-state index contributed by atoms with van der Waals surface area (Å²) in [4.78, 5) is 6.79. The second kappa shape index (κ2) is 12.3. The Bertz CT molecular complexity index is 751. The summed E-state index contributed by atoms with van der Waals surface area (Å²) in [6.07, 6.45) is 2.75. The Morgan fingerprint density at radius 1 is 1.24 bits per heavy atom. The molecule has 1 atom stereocenters. The van der Waals surface area contributed by atoms with Crippen LogP contribution in [0.5, 0.6) is 11.5 Å². The van der Waals surface area contributed by atoms with Crippen molar-refractivity contribution in [3.05, 3.63) is 18.2 Å². The second-order valence-corrected chi connectivity index (χ2v) is 9.15. The Hall–Kier alpha value is -1.43. The molecule has 166 valence electrons. The molecule has 1 heterocycles. The van der Waals surface area contributed by atoms with E-state index in [1.165, 1.54) is 6.26 Å². The third-order valence-electron chi connectivity index (χ3n) is 4.52. The Labute approximate surface area is 191 Å². The minimum absolute atomic E-state index is 0. The average Bonchev–Trinajstić information content (AvgIpc) is 3.12. The molecule has 1 aliphatic rings. The zero-order valence-electron chi connectivity index (χ0n) is 17.6. The van der Waals surface area contributed by atoms with E-state index in [1.807, 2.05) is 25.1 Å². The van der Waals surface area contributed by atoms with Gasteiger partial charge in [0.05, 0.1) is 20.0 Å². The fourth-order valence-corrected chi connectivity index (χ4v) is 3.77. The van der Waals surface area contributed by atoms with Crippen LogP contribution in [0, 0.1) is 0 Å². The molecule has 29 heavy (non-hydrogen) atoms. The highest BCUT2D eigenvalue weighted by Crippen LogP contribution is 2.30. The monoisotopic (exact) mass is 540 g/mol. The van der Waals surface area contributed by atoms with Crippen molar-refractivity contribution in [3.8, 4) is 11.5 Å². The van der Waals surface area contributed by atoms with Crippen molar-refractivity contribution in [2.75, 3.05) is 57.3 Å². The summed E-state index contributed by atoms with van der Waals surface area (Å²) in [6, 6.07) is 6.14. The van der Waals surface area contributed by atoms with Crippen molar-refractivity contribution in [2.24, 2.45) is 4.99 Å². The van der Waals surface area contributed by atoms with Crippen LogP contribution in [0.15, 0.2) is 23.2 Å². The fraction of sp³-hybridized carbons (Fsp3) is 0.632. The molecule has 1 aromatic rings. The van der Waals surface area contributed by atoms with Gasteiger partial charge in [0.1, 0.15) is 21.3 Å². The summed E-state index contributed by atoms with van der Waals surface area (Å²) < 4.78 is 33.2. The van der Waals surface area contributed by atoms with Crippen LogP contribution in [0.1, 0.15) is 19.8 Å². The minimum atomic E-state index is -2.94. The van der Waals surface area contributed by atoms with E-state index in [2.05, 4.69) is 20.5 Å². The molecule has 1 unspecified atom stereocenters. The number of hydrogen-bond donors (Lipinski definition) is 2. The summed E-state index contributed by atoms with van der Waals surface area (Å²) in [5.74, 6) is 2.43. The number of ether oxygens (including phenoxy) is 2. The summed E-state index contributed by atoms with van der Waals surface area (Å²) in [5, 5.41) is 6.69. The van der Waals surface area contributed by atoms with Gasteiger partial charge in [-0.2, -0.15) is 0 Å². The van der Waals surface area contributed by atoms with Crippen LogP contribution < -0.4 is 25.0 Å². The predicted octanol–water partition coefficient (Wildman–Crippen LogP) is 1.89. The lowest BCUT2D eigenvalue weighted by Crippen LogP contribution is -2.44. The smallest absolute Gasteiger partial charge is 0.191 e. The number of methoxy groups -OCH3 is 2. The zero-order valence-corrected chi connectivity index (χ0v) is 20.7. The highest BCUT2D eigenvalue weighted by molar-refractivity contribution is 14.0. The number of anilines is 1. The highest BCUT2D eigenvalue weighted by Gasteiger charge is 2.24. The molecule has 10 heteroatoms. The number of halogens is 1. The number of sulfone groups is 1. The molecule has 8 nitrogen and oxygen atoms in total. The Morgan fingerprint density at radius 2 is 1.90 bits per heavy atom. The van der Waals surface area contributed by atoms with E-state index < -0.39 is 9.84 Å². The lowest BCUT2D eigenvalue weighted by molar-refractivity contribution is 0.394. The maximum atomic E-state index is 11.2. The quantitative estimate of drug-likeness (QED) is 0.214. The number of rotatable bonds is 9. The maximum Gasteiger partial charge on any atom is 0.191 e. The van der Waals surface area contributed by atoms with Gasteiger partial charge in [0, 0.05) is 62.4 Å². The van der Waals surface area contributed by atoms with Gasteiger partial charge in [0.2, 0.25) is 0 Å². The molecule has 1 aromatic carbocycles. The number of nitrogens with one attached hydrogen (secondary N) is 2. The SMILES string of the molecule is CCNC(=NCCCS(C)(=O)=O)NC1CCN(c2cc(OC)cc(OC)c2)C1.I. The summed E-state index contributed by atoms with van der Waals surface area (Å²) in [5.41, 5.74) is 1.07. The third-order valence-corrected chi connectivity index (χ3v) is 5.55. The van der Waals surface area contributed by atoms with Gasteiger partial charge in [-0.3, -0.25) is 4.99 Å². The maximum absolute atomic E-state index is 11.2. The van der Waals surface area contributed by atoms with E-state index in [4.69, 9.17) is 9.47 Å². The molecule has 0 aliphatic carbocycles. The Kier molecular flexibility index (Phi) is 10.9. The number of benzene rings is 1. The van der Waals surface area contributed by atoms with Crippen LogP contribution in [0.4, 0.5) is 5.69 Å². The number of hydrogen-bond acceptors (Lipinski definition) is 6. The molecule has 2 N–H and O–H groups in total. The molecule has 0 saturated carbocycles. The molecular formula is C19H33IN4O4S. The third kappa shape index (κ3) is 8.85. The first kappa shape index (κ1) is 25.6. The molecule has 0 spiro atoms. The topological polar surface area (TPSA) is 92.3 Å². The lowest BCUT2D eigenvalue weighted by atomic mass is 10.2. The highest BCUT2D eigenvalue weighted by atomic mass is 127. The molecule has 1 aliphatic heterocycles. The van der Waals surface area contributed by atoms with E-state index in [-0.39, 0.29) is 35.8 Å². The molecule has 1 saturated heterocycles. The van der Waals surface area contributed by atoms with Crippen LogP contribution in [-0.2, 0) is 9.84 Å². The zero-order chi connectivity index (χ0) is 20.6. The van der Waals surface area contributed by atoms with E-state index in [0.29, 0.717) is 13.0 Å². The largest absolute Gasteiger partial charge is 0.497 e. The molecule has 0 amide bonds. The minimum Gasteiger partial charge on any atom is -0.497 e. The van der Waals surface area contributed by atoms with Crippen LogP contribution >= 0.6 is 24.0 Å². The molecule has 2 rings (SSSR count). The van der Waals surface area contributed by atoms with Crippen molar-refractivity contribution in [3.63, 3.8) is 0 Å². The normalized spacial score (nSPS) is 16.9. The standard InChI is InChI=1S/C19H32N4O4S.HI/c1-5-20-19(21-8-6-10-28(4,24)25)22-15-7-9-23(14-15)16-11-17(26-2)13-18(12-16)27-3;/h11-13,15H,5-10,14H2,1-4H3,(H2,20,21,22);1H. The summed E-state index contributed by atoms with van der Waals surface area (Å²) in [6.45, 7) is 5.00. The molecule has 0 bridgehead atoms. The van der Waals surface area contributed by atoms with Gasteiger partial charge in [-0.05, 0) is 19.8 Å². The van der Waals surface area contributed by atoms with Crippen molar-refractivity contribution in [1.82, 2.24) is 10.6 Å². The summed E-state index contributed by atoms with van der Waals surface area (Å²) >= 11 is 0. The average molecular weight is 540 g/mol. The fourth-order valence-electron chi connectivity index (χ4n) is 3.12. The first-order chi connectivity index (χ1) is 13.3. The number of aliphatic imine (C=N–C) groups is 1. The summed E-state index contributed by atoms with van der Waals surface area (Å²) in [7, 11) is 0.354. The van der Waals surface area contributed by atoms with Crippen molar-refractivity contribution in [1.29, 1.82) is 0 Å². The number of guanidine groups is 1. The van der Waals surface area contributed by atoms with Gasteiger partial charge in [0.25, 0.3) is 0 Å². The van der Waals surface area contributed by atoms with Crippen LogP contribution in [0.3, 0.4) is 0 Å². The lowest BCUT2D eigenvalue weighted by Gasteiger charge is -2.21. The predicted molar refractivity (Wildman–Crippen MR) is 129 cm³/mol. The van der Waals surface area contributed by atoms with E-state index >= 15 is 0 Å². The van der Waals surface area contributed by atoms with Crippen LogP contribution in [0.25, 0.3) is 0 Å². The van der Waals surface area contributed by atoms with Crippen molar-refractivity contribution < 1.29 is 17.9 Å². The van der Waals surface area contributed by atoms with Gasteiger partial charge in [-0.25, -0.2) is 8.42 Å². The van der Waals surface area contributed by atoms with Gasteiger partial charge in [-0.15, -0.1) is 24.0 Å². The van der Waals surface area contributed by atoms with Gasteiger partial charge >= 0.3 is 0 Å².